The molecule has 4 nitrogen and oxygen atoms in total. The number of hydrazone groups is 1. The van der Waals surface area contributed by atoms with Crippen molar-refractivity contribution in [1.29, 1.82) is 0 Å². The summed E-state index contributed by atoms with van der Waals surface area (Å²) in [5.74, 6) is -0.914. The van der Waals surface area contributed by atoms with Gasteiger partial charge in [0.1, 0.15) is 5.75 Å². The lowest BCUT2D eigenvalue weighted by atomic mass is 10.1. The number of hydrogen-bond acceptors (Lipinski definition) is 3. The number of amides is 1. The minimum Gasteiger partial charge on any atom is -0.507 e. The van der Waals surface area contributed by atoms with Crippen molar-refractivity contribution in [2.45, 2.75) is 13.1 Å². The highest BCUT2D eigenvalue weighted by molar-refractivity contribution is 5.97. The standard InChI is InChI=1S/C16H13F3N2O2/c1-10-5-4-7-12(14(10)22)15(23)21-20-9-11-6-2-3-8-13(11)16(17,18)19/h2-9,22H,1H3,(H,21,23). The van der Waals surface area contributed by atoms with E-state index in [1.807, 2.05) is 0 Å². The van der Waals surface area contributed by atoms with Crippen LogP contribution in [0.25, 0.3) is 0 Å². The number of halogens is 3. The van der Waals surface area contributed by atoms with Crippen LogP contribution in [0.2, 0.25) is 0 Å². The fourth-order valence-electron chi connectivity index (χ4n) is 1.93. The Balaban J connectivity index is 2.17. The quantitative estimate of drug-likeness (QED) is 0.671. The van der Waals surface area contributed by atoms with Crippen molar-refractivity contribution in [3.63, 3.8) is 0 Å². The maximum atomic E-state index is 12.8. The molecule has 7 heteroatoms. The van der Waals surface area contributed by atoms with Gasteiger partial charge >= 0.3 is 6.18 Å². The Morgan fingerprint density at radius 3 is 2.57 bits per heavy atom. The fourth-order valence-corrected chi connectivity index (χ4v) is 1.93. The highest BCUT2D eigenvalue weighted by atomic mass is 19.4. The molecule has 0 bridgehead atoms. The number of hydrogen-bond donors (Lipinski definition) is 2. The molecule has 0 aliphatic heterocycles. The molecule has 2 rings (SSSR count). The number of aromatic hydroxyl groups is 1. The monoisotopic (exact) mass is 322 g/mol. The molecular weight excluding hydrogens is 309 g/mol. The van der Waals surface area contributed by atoms with Crippen molar-refractivity contribution in [2.75, 3.05) is 0 Å². The van der Waals surface area contributed by atoms with E-state index < -0.39 is 17.6 Å². The second-order valence-electron chi connectivity index (χ2n) is 4.76. The summed E-state index contributed by atoms with van der Waals surface area (Å²) in [5, 5.41) is 13.3. The lowest BCUT2D eigenvalue weighted by molar-refractivity contribution is -0.137. The lowest BCUT2D eigenvalue weighted by Crippen LogP contribution is -2.18. The summed E-state index contributed by atoms with van der Waals surface area (Å²) < 4.78 is 38.4. The Bertz CT molecular complexity index is 755. The summed E-state index contributed by atoms with van der Waals surface area (Å²) in [7, 11) is 0. The van der Waals surface area contributed by atoms with E-state index >= 15 is 0 Å². The third kappa shape index (κ3) is 3.88. The molecule has 0 saturated carbocycles. The fraction of sp³-hybridized carbons (Fsp3) is 0.125. The van der Waals surface area contributed by atoms with Crippen LogP contribution >= 0.6 is 0 Å². The van der Waals surface area contributed by atoms with Crippen LogP contribution in [0.15, 0.2) is 47.6 Å². The van der Waals surface area contributed by atoms with E-state index in [0.29, 0.717) is 5.56 Å². The summed E-state index contributed by atoms with van der Waals surface area (Å²) in [5.41, 5.74) is 1.57. The SMILES string of the molecule is Cc1cccc(C(=O)NN=Cc2ccccc2C(F)(F)F)c1O. The van der Waals surface area contributed by atoms with E-state index in [4.69, 9.17) is 0 Å². The third-order valence-corrected chi connectivity index (χ3v) is 3.12. The Morgan fingerprint density at radius 1 is 1.17 bits per heavy atom. The van der Waals surface area contributed by atoms with E-state index in [-0.39, 0.29) is 16.9 Å². The lowest BCUT2D eigenvalue weighted by Gasteiger charge is -2.09. The number of benzene rings is 2. The molecule has 0 aliphatic carbocycles. The van der Waals surface area contributed by atoms with Gasteiger partial charge in [0.05, 0.1) is 17.3 Å². The van der Waals surface area contributed by atoms with Crippen LogP contribution in [0.4, 0.5) is 13.2 Å². The first kappa shape index (κ1) is 16.5. The zero-order chi connectivity index (χ0) is 17.0. The van der Waals surface area contributed by atoms with Gasteiger partial charge in [-0.05, 0) is 24.6 Å². The minimum atomic E-state index is -4.51. The van der Waals surface area contributed by atoms with Crippen LogP contribution < -0.4 is 5.43 Å². The number of para-hydroxylation sites is 1. The number of carbonyl (C=O) groups excluding carboxylic acids is 1. The molecule has 0 radical (unpaired) electrons. The molecule has 2 N–H and O–H groups in total. The van der Waals surface area contributed by atoms with Gasteiger partial charge in [0, 0.05) is 5.56 Å². The molecular formula is C16H13F3N2O2. The Kier molecular flexibility index (Phi) is 4.68. The average molecular weight is 322 g/mol. The molecule has 0 unspecified atom stereocenters. The summed E-state index contributed by atoms with van der Waals surface area (Å²) in [4.78, 5) is 11.9. The molecule has 0 aliphatic rings. The first-order valence-electron chi connectivity index (χ1n) is 6.59. The summed E-state index contributed by atoms with van der Waals surface area (Å²) >= 11 is 0. The van der Waals surface area contributed by atoms with Crippen molar-refractivity contribution in [3.05, 3.63) is 64.7 Å². The molecule has 120 valence electrons. The van der Waals surface area contributed by atoms with E-state index in [2.05, 4.69) is 10.5 Å². The smallest absolute Gasteiger partial charge is 0.417 e. The van der Waals surface area contributed by atoms with Gasteiger partial charge in [-0.3, -0.25) is 4.79 Å². The maximum Gasteiger partial charge on any atom is 0.417 e. The van der Waals surface area contributed by atoms with E-state index in [9.17, 15) is 23.1 Å². The number of aryl methyl sites for hydroxylation is 1. The number of carbonyl (C=O) groups is 1. The molecule has 0 saturated heterocycles. The molecule has 2 aromatic rings. The van der Waals surface area contributed by atoms with E-state index in [1.165, 1.54) is 24.3 Å². The van der Waals surface area contributed by atoms with Crippen molar-refractivity contribution in [3.8, 4) is 5.75 Å². The first-order valence-corrected chi connectivity index (χ1v) is 6.59. The summed E-state index contributed by atoms with van der Waals surface area (Å²) in [6.07, 6.45) is -3.60. The largest absolute Gasteiger partial charge is 0.507 e. The number of phenols is 1. The van der Waals surface area contributed by atoms with Gasteiger partial charge in [-0.2, -0.15) is 18.3 Å². The molecule has 1 amide bonds. The Labute approximate surface area is 130 Å². The van der Waals surface area contributed by atoms with Crippen molar-refractivity contribution in [1.82, 2.24) is 5.43 Å². The van der Waals surface area contributed by atoms with E-state index in [0.717, 1.165) is 12.3 Å². The van der Waals surface area contributed by atoms with Gasteiger partial charge in [0.25, 0.3) is 5.91 Å². The Morgan fingerprint density at radius 2 is 1.87 bits per heavy atom. The van der Waals surface area contributed by atoms with Gasteiger partial charge in [0.15, 0.2) is 0 Å². The average Bonchev–Trinajstić information content (AvgIpc) is 2.49. The van der Waals surface area contributed by atoms with Crippen molar-refractivity contribution in [2.24, 2.45) is 5.10 Å². The third-order valence-electron chi connectivity index (χ3n) is 3.12. The molecule has 0 spiro atoms. The van der Waals surface area contributed by atoms with Gasteiger partial charge in [-0.1, -0.05) is 30.3 Å². The van der Waals surface area contributed by atoms with Crippen molar-refractivity contribution >= 4 is 12.1 Å². The first-order chi connectivity index (χ1) is 10.8. The summed E-state index contributed by atoms with van der Waals surface area (Å²) in [6, 6.07) is 9.45. The van der Waals surface area contributed by atoms with Crippen LogP contribution in [0, 0.1) is 6.92 Å². The van der Waals surface area contributed by atoms with Gasteiger partial charge in [0.2, 0.25) is 0 Å². The number of phenolic OH excluding ortho intramolecular Hbond substituents is 1. The molecule has 0 fully saturated rings. The number of rotatable bonds is 3. The topological polar surface area (TPSA) is 61.7 Å². The van der Waals surface area contributed by atoms with E-state index in [1.54, 1.807) is 19.1 Å². The minimum absolute atomic E-state index is 0.00810. The van der Waals surface area contributed by atoms with Crippen molar-refractivity contribution < 1.29 is 23.1 Å². The van der Waals surface area contributed by atoms with Crippen LogP contribution in [0.5, 0.6) is 5.75 Å². The Hall–Kier alpha value is -2.83. The molecule has 0 aromatic heterocycles. The molecule has 23 heavy (non-hydrogen) atoms. The predicted octanol–water partition coefficient (Wildman–Crippen LogP) is 3.48. The number of alkyl halides is 3. The zero-order valence-electron chi connectivity index (χ0n) is 12.1. The normalized spacial score (nSPS) is 11.7. The number of nitrogens with one attached hydrogen (secondary N) is 1. The molecule has 2 aromatic carbocycles. The van der Waals surface area contributed by atoms with Gasteiger partial charge < -0.3 is 5.11 Å². The second-order valence-corrected chi connectivity index (χ2v) is 4.76. The predicted molar refractivity (Wildman–Crippen MR) is 79.3 cm³/mol. The number of nitrogens with zero attached hydrogens (tertiary/aromatic N) is 1. The molecule has 0 atom stereocenters. The van der Waals surface area contributed by atoms with Crippen LogP contribution in [0.3, 0.4) is 0 Å². The van der Waals surface area contributed by atoms with Crippen LogP contribution in [-0.2, 0) is 6.18 Å². The van der Waals surface area contributed by atoms with Gasteiger partial charge in [-0.25, -0.2) is 5.43 Å². The highest BCUT2D eigenvalue weighted by Gasteiger charge is 2.32. The zero-order valence-corrected chi connectivity index (χ0v) is 12.1. The second kappa shape index (κ2) is 6.51. The molecule has 0 heterocycles. The van der Waals surface area contributed by atoms with Crippen LogP contribution in [0.1, 0.15) is 27.0 Å². The highest BCUT2D eigenvalue weighted by Crippen LogP contribution is 2.31. The van der Waals surface area contributed by atoms with Gasteiger partial charge in [-0.15, -0.1) is 0 Å². The van der Waals surface area contributed by atoms with Crippen LogP contribution in [-0.4, -0.2) is 17.2 Å². The maximum absolute atomic E-state index is 12.8. The summed E-state index contributed by atoms with van der Waals surface area (Å²) in [6.45, 7) is 1.62.